The number of rotatable bonds is 6. The van der Waals surface area contributed by atoms with Gasteiger partial charge in [0.05, 0.1) is 22.5 Å². The first-order valence-electron chi connectivity index (χ1n) is 11.3. The highest BCUT2D eigenvalue weighted by atomic mass is 32.2. The van der Waals surface area contributed by atoms with Crippen LogP contribution in [0.25, 0.3) is 44.2 Å². The zero-order valence-electron chi connectivity index (χ0n) is 19.2. The van der Waals surface area contributed by atoms with E-state index in [4.69, 9.17) is 0 Å². The molecule has 3 aromatic carbocycles. The molecule has 0 atom stereocenters. The van der Waals surface area contributed by atoms with Crippen molar-refractivity contribution in [3.05, 3.63) is 84.4 Å². The van der Waals surface area contributed by atoms with Gasteiger partial charge in [-0.05, 0) is 30.3 Å². The molecule has 0 fully saturated rings. The van der Waals surface area contributed by atoms with Gasteiger partial charge in [0, 0.05) is 27.5 Å². The fourth-order valence-electron chi connectivity index (χ4n) is 4.12. The van der Waals surface area contributed by atoms with Crippen molar-refractivity contribution in [2.45, 2.75) is 5.16 Å². The van der Waals surface area contributed by atoms with Crippen LogP contribution in [0.1, 0.15) is 10.4 Å². The highest BCUT2D eigenvalue weighted by Crippen LogP contribution is 2.27. The number of carbonyl (C=O) groups is 2. The minimum atomic E-state index is -1.01. The number of para-hydroxylation sites is 2. The Morgan fingerprint density at radius 1 is 0.892 bits per heavy atom. The summed E-state index contributed by atoms with van der Waals surface area (Å²) in [5.74, 6) is -1.11. The Morgan fingerprint density at radius 3 is 2.46 bits per heavy atom. The second-order valence-electron chi connectivity index (χ2n) is 8.25. The summed E-state index contributed by atoms with van der Waals surface area (Å²) in [4.78, 5) is 36.6. The molecular formula is C27H18N6O3S. The lowest BCUT2D eigenvalue weighted by Crippen LogP contribution is -2.14. The van der Waals surface area contributed by atoms with E-state index in [9.17, 15) is 14.7 Å². The van der Waals surface area contributed by atoms with Crippen LogP contribution in [0.3, 0.4) is 0 Å². The SMILES string of the molecule is O=C(CSc1nnc2c(n1)[nH]c1ccccc12)Nc1ccc(-c2cc(C(=O)O)c3ccccc3n2)cc1. The van der Waals surface area contributed by atoms with E-state index in [1.54, 1.807) is 48.5 Å². The molecule has 0 aliphatic rings. The highest BCUT2D eigenvalue weighted by molar-refractivity contribution is 7.99. The molecule has 0 radical (unpaired) electrons. The summed E-state index contributed by atoms with van der Waals surface area (Å²) < 4.78 is 0. The molecule has 180 valence electrons. The molecular weight excluding hydrogens is 488 g/mol. The average Bonchev–Trinajstić information content (AvgIpc) is 3.29. The number of fused-ring (bicyclic) bond motifs is 4. The van der Waals surface area contributed by atoms with E-state index in [1.165, 1.54) is 11.8 Å². The molecule has 3 aromatic heterocycles. The number of carbonyl (C=O) groups excluding carboxylic acids is 1. The van der Waals surface area contributed by atoms with Gasteiger partial charge in [-0.15, -0.1) is 10.2 Å². The molecule has 0 saturated heterocycles. The number of benzene rings is 3. The molecule has 3 heterocycles. The Kier molecular flexibility index (Phi) is 5.70. The quantitative estimate of drug-likeness (QED) is 0.264. The van der Waals surface area contributed by atoms with E-state index in [0.29, 0.717) is 38.6 Å². The lowest BCUT2D eigenvalue weighted by molar-refractivity contribution is -0.113. The van der Waals surface area contributed by atoms with Gasteiger partial charge < -0.3 is 15.4 Å². The monoisotopic (exact) mass is 506 g/mol. The van der Waals surface area contributed by atoms with Crippen molar-refractivity contribution < 1.29 is 14.7 Å². The van der Waals surface area contributed by atoms with Crippen LogP contribution >= 0.6 is 11.8 Å². The van der Waals surface area contributed by atoms with Crippen molar-refractivity contribution in [1.29, 1.82) is 0 Å². The Balaban J connectivity index is 1.14. The van der Waals surface area contributed by atoms with Gasteiger partial charge in [0.1, 0.15) is 5.52 Å². The van der Waals surface area contributed by atoms with E-state index in [2.05, 4.69) is 30.5 Å². The van der Waals surface area contributed by atoms with E-state index < -0.39 is 5.97 Å². The van der Waals surface area contributed by atoms with Crippen LogP contribution in [-0.2, 0) is 4.79 Å². The number of aromatic carboxylic acids is 1. The van der Waals surface area contributed by atoms with E-state index in [1.807, 2.05) is 30.3 Å². The number of aromatic nitrogens is 5. The topological polar surface area (TPSA) is 134 Å². The largest absolute Gasteiger partial charge is 0.478 e. The van der Waals surface area contributed by atoms with Crippen LogP contribution in [0.4, 0.5) is 5.69 Å². The molecule has 0 unspecified atom stereocenters. The number of thioether (sulfide) groups is 1. The Morgan fingerprint density at radius 2 is 1.65 bits per heavy atom. The third-order valence-electron chi connectivity index (χ3n) is 5.85. The van der Waals surface area contributed by atoms with Gasteiger partial charge in [-0.1, -0.05) is 60.3 Å². The lowest BCUT2D eigenvalue weighted by Gasteiger charge is -2.09. The normalized spacial score (nSPS) is 11.2. The number of nitrogens with zero attached hydrogens (tertiary/aromatic N) is 4. The van der Waals surface area contributed by atoms with Crippen LogP contribution in [0.5, 0.6) is 0 Å². The zero-order valence-corrected chi connectivity index (χ0v) is 20.0. The number of nitrogens with one attached hydrogen (secondary N) is 2. The Labute approximate surface area is 214 Å². The molecule has 0 spiro atoms. The fourth-order valence-corrected chi connectivity index (χ4v) is 4.71. The number of carboxylic acids is 1. The fraction of sp³-hybridized carbons (Fsp3) is 0.0370. The summed E-state index contributed by atoms with van der Waals surface area (Å²) in [6.07, 6.45) is 0. The summed E-state index contributed by atoms with van der Waals surface area (Å²) >= 11 is 1.20. The number of aromatic amines is 1. The number of carboxylic acid groups (broad SMARTS) is 1. The predicted molar refractivity (Wildman–Crippen MR) is 143 cm³/mol. The minimum Gasteiger partial charge on any atom is -0.478 e. The van der Waals surface area contributed by atoms with Crippen LogP contribution in [0.2, 0.25) is 0 Å². The van der Waals surface area contributed by atoms with Crippen molar-refractivity contribution in [2.75, 3.05) is 11.1 Å². The first-order chi connectivity index (χ1) is 18.0. The van der Waals surface area contributed by atoms with Gasteiger partial charge in [0.25, 0.3) is 0 Å². The molecule has 1 amide bonds. The molecule has 0 aliphatic carbocycles. The summed E-state index contributed by atoms with van der Waals surface area (Å²) in [6, 6.07) is 23.6. The number of hydrogen-bond donors (Lipinski definition) is 3. The van der Waals surface area contributed by atoms with E-state index >= 15 is 0 Å². The summed E-state index contributed by atoms with van der Waals surface area (Å²) in [5, 5.41) is 22.8. The first-order valence-corrected chi connectivity index (χ1v) is 12.3. The number of anilines is 1. The third-order valence-corrected chi connectivity index (χ3v) is 6.68. The van der Waals surface area contributed by atoms with E-state index in [-0.39, 0.29) is 17.2 Å². The van der Waals surface area contributed by atoms with Crippen LogP contribution in [0.15, 0.2) is 84.0 Å². The number of pyridine rings is 1. The number of amides is 1. The molecule has 9 nitrogen and oxygen atoms in total. The molecule has 6 aromatic rings. The summed E-state index contributed by atoms with van der Waals surface area (Å²) in [6.45, 7) is 0. The van der Waals surface area contributed by atoms with Crippen molar-refractivity contribution >= 4 is 62.3 Å². The molecule has 6 rings (SSSR count). The van der Waals surface area contributed by atoms with Gasteiger partial charge in [-0.3, -0.25) is 4.79 Å². The van der Waals surface area contributed by atoms with Crippen molar-refractivity contribution in [3.8, 4) is 11.3 Å². The molecule has 0 bridgehead atoms. The number of hydrogen-bond acceptors (Lipinski definition) is 7. The van der Waals surface area contributed by atoms with Crippen LogP contribution < -0.4 is 5.32 Å². The van der Waals surface area contributed by atoms with Gasteiger partial charge in [0.2, 0.25) is 11.1 Å². The Hall–Kier alpha value is -4.83. The second kappa shape index (κ2) is 9.32. The lowest BCUT2D eigenvalue weighted by atomic mass is 10.0. The van der Waals surface area contributed by atoms with Crippen molar-refractivity contribution in [2.24, 2.45) is 0 Å². The summed E-state index contributed by atoms with van der Waals surface area (Å²) in [7, 11) is 0. The van der Waals surface area contributed by atoms with Gasteiger partial charge >= 0.3 is 5.97 Å². The summed E-state index contributed by atoms with van der Waals surface area (Å²) in [5.41, 5.74) is 4.95. The van der Waals surface area contributed by atoms with Crippen LogP contribution in [0, 0.1) is 0 Å². The van der Waals surface area contributed by atoms with Crippen molar-refractivity contribution in [1.82, 2.24) is 25.1 Å². The minimum absolute atomic E-state index is 0.114. The molecule has 37 heavy (non-hydrogen) atoms. The maximum absolute atomic E-state index is 12.5. The predicted octanol–water partition coefficient (Wildman–Crippen LogP) is 5.15. The maximum Gasteiger partial charge on any atom is 0.336 e. The maximum atomic E-state index is 12.5. The van der Waals surface area contributed by atoms with Crippen LogP contribution in [-0.4, -0.2) is 47.9 Å². The first kappa shape index (κ1) is 22.6. The number of H-pyrrole nitrogens is 1. The molecule has 0 aliphatic heterocycles. The smallest absolute Gasteiger partial charge is 0.336 e. The van der Waals surface area contributed by atoms with Gasteiger partial charge in [0.15, 0.2) is 5.65 Å². The second-order valence-corrected chi connectivity index (χ2v) is 9.20. The van der Waals surface area contributed by atoms with Crippen molar-refractivity contribution in [3.63, 3.8) is 0 Å². The zero-order chi connectivity index (χ0) is 25.4. The molecule has 10 heteroatoms. The van der Waals surface area contributed by atoms with E-state index in [0.717, 1.165) is 16.5 Å². The average molecular weight is 507 g/mol. The third kappa shape index (κ3) is 4.45. The highest BCUT2D eigenvalue weighted by Gasteiger charge is 2.14. The van der Waals surface area contributed by atoms with Gasteiger partial charge in [-0.2, -0.15) is 0 Å². The van der Waals surface area contributed by atoms with Gasteiger partial charge in [-0.25, -0.2) is 14.8 Å². The standard InChI is InChI=1S/C27H18N6O3S/c34-23(14-37-27-31-25-24(32-33-27)18-6-2-4-8-21(18)30-25)28-16-11-9-15(10-12-16)22-13-19(26(35)36)17-5-1-3-7-20(17)29-22/h1-13H,14H2,(H,28,34)(H,35,36)(H,30,31,33). The Bertz CT molecular complexity index is 1820. The molecule has 0 saturated carbocycles. The molecule has 3 N–H and O–H groups in total.